The first-order chi connectivity index (χ1) is 13.7. The van der Waals surface area contributed by atoms with E-state index in [4.69, 9.17) is 4.74 Å². The molecule has 1 aromatic rings. The number of benzene rings is 1. The fourth-order valence-electron chi connectivity index (χ4n) is 4.64. The number of guanidine groups is 1. The van der Waals surface area contributed by atoms with Crippen LogP contribution in [0.2, 0.25) is 0 Å². The molecular formula is C23H38N4O. The Labute approximate surface area is 171 Å². The summed E-state index contributed by atoms with van der Waals surface area (Å²) < 4.78 is 5.64. The molecule has 2 heterocycles. The van der Waals surface area contributed by atoms with Gasteiger partial charge in [0.25, 0.3) is 0 Å². The third-order valence-electron chi connectivity index (χ3n) is 5.98. The second-order valence-corrected chi connectivity index (χ2v) is 8.41. The van der Waals surface area contributed by atoms with Gasteiger partial charge in [-0.2, -0.15) is 0 Å². The molecule has 0 spiro atoms. The quantitative estimate of drug-likeness (QED) is 0.443. The van der Waals surface area contributed by atoms with Crippen molar-refractivity contribution in [3.63, 3.8) is 0 Å². The lowest BCUT2D eigenvalue weighted by atomic mass is 9.83. The summed E-state index contributed by atoms with van der Waals surface area (Å²) in [6.45, 7) is 10.4. The van der Waals surface area contributed by atoms with E-state index in [-0.39, 0.29) is 0 Å². The average Bonchev–Trinajstić information content (AvgIpc) is 2.71. The van der Waals surface area contributed by atoms with E-state index >= 15 is 0 Å². The smallest absolute Gasteiger partial charge is 0.193 e. The Kier molecular flexibility index (Phi) is 8.16. The van der Waals surface area contributed by atoms with Gasteiger partial charge in [-0.1, -0.05) is 30.3 Å². The number of hydrogen-bond acceptors (Lipinski definition) is 3. The van der Waals surface area contributed by atoms with Crippen molar-refractivity contribution in [3.8, 4) is 0 Å². The van der Waals surface area contributed by atoms with Crippen LogP contribution >= 0.6 is 0 Å². The minimum absolute atomic E-state index is 0.309. The standard InChI is InChI=1S/C23H38N4O/c1-19(2)28-16-8-13-25-23(24-3)27-15-12-22-21(18-27)11-7-14-26(22)17-20-9-5-4-6-10-20/h4-6,9-10,19,21-22H,7-8,11-18H2,1-3H3,(H,24,25). The van der Waals surface area contributed by atoms with Crippen molar-refractivity contribution in [1.82, 2.24) is 15.1 Å². The summed E-state index contributed by atoms with van der Waals surface area (Å²) in [5, 5.41) is 3.54. The number of likely N-dealkylation sites (tertiary alicyclic amines) is 2. The molecule has 0 saturated carbocycles. The lowest BCUT2D eigenvalue weighted by Crippen LogP contribution is -2.56. The van der Waals surface area contributed by atoms with E-state index in [1.165, 1.54) is 31.4 Å². The van der Waals surface area contributed by atoms with Crippen LogP contribution in [0, 0.1) is 5.92 Å². The Bertz CT molecular complexity index is 604. The van der Waals surface area contributed by atoms with E-state index in [2.05, 4.69) is 64.3 Å². The molecule has 156 valence electrons. The summed E-state index contributed by atoms with van der Waals surface area (Å²) in [4.78, 5) is 9.74. The van der Waals surface area contributed by atoms with Crippen LogP contribution in [0.3, 0.4) is 0 Å². The zero-order chi connectivity index (χ0) is 19.8. The summed E-state index contributed by atoms with van der Waals surface area (Å²) >= 11 is 0. The number of piperidine rings is 2. The van der Waals surface area contributed by atoms with E-state index in [1.54, 1.807) is 0 Å². The molecular weight excluding hydrogens is 348 g/mol. The molecule has 2 unspecified atom stereocenters. The third kappa shape index (κ3) is 5.95. The van der Waals surface area contributed by atoms with Crippen LogP contribution in [-0.4, -0.2) is 67.7 Å². The Morgan fingerprint density at radius 3 is 2.79 bits per heavy atom. The Hall–Kier alpha value is -1.59. The molecule has 0 aliphatic carbocycles. The van der Waals surface area contributed by atoms with Gasteiger partial charge < -0.3 is 15.0 Å². The Balaban J connectivity index is 1.49. The van der Waals surface area contributed by atoms with Gasteiger partial charge in [0.15, 0.2) is 5.96 Å². The minimum Gasteiger partial charge on any atom is -0.379 e. The molecule has 0 amide bonds. The predicted octanol–water partition coefficient (Wildman–Crippen LogP) is 3.36. The second kappa shape index (κ2) is 10.8. The number of hydrogen-bond donors (Lipinski definition) is 1. The van der Waals surface area contributed by atoms with Crippen LogP contribution in [0.25, 0.3) is 0 Å². The van der Waals surface area contributed by atoms with Crippen LogP contribution in [0.4, 0.5) is 0 Å². The number of nitrogens with one attached hydrogen (secondary N) is 1. The number of ether oxygens (including phenoxy) is 1. The normalized spacial score (nSPS) is 23.7. The molecule has 0 aromatic heterocycles. The highest BCUT2D eigenvalue weighted by atomic mass is 16.5. The molecule has 1 aromatic carbocycles. The molecule has 5 nitrogen and oxygen atoms in total. The number of aliphatic imine (C=N–C) groups is 1. The lowest BCUT2D eigenvalue weighted by molar-refractivity contribution is 0.0371. The van der Waals surface area contributed by atoms with Crippen LogP contribution in [0.15, 0.2) is 35.3 Å². The van der Waals surface area contributed by atoms with Crippen LogP contribution < -0.4 is 5.32 Å². The van der Waals surface area contributed by atoms with Gasteiger partial charge in [0.1, 0.15) is 0 Å². The van der Waals surface area contributed by atoms with E-state index in [1.807, 2.05) is 7.05 Å². The van der Waals surface area contributed by atoms with Gasteiger partial charge in [-0.25, -0.2) is 0 Å². The molecule has 2 fully saturated rings. The topological polar surface area (TPSA) is 40.1 Å². The molecule has 0 radical (unpaired) electrons. The molecule has 1 N–H and O–H groups in total. The molecule has 2 atom stereocenters. The van der Waals surface area contributed by atoms with E-state index in [0.29, 0.717) is 12.1 Å². The Morgan fingerprint density at radius 2 is 2.04 bits per heavy atom. The highest BCUT2D eigenvalue weighted by Crippen LogP contribution is 2.31. The number of rotatable bonds is 7. The molecule has 3 rings (SSSR count). The SMILES string of the molecule is CN=C(NCCCOC(C)C)N1CCC2C(CCCN2Cc2ccccc2)C1. The van der Waals surface area contributed by atoms with Gasteiger partial charge in [-0.3, -0.25) is 9.89 Å². The monoisotopic (exact) mass is 386 g/mol. The van der Waals surface area contributed by atoms with E-state index in [9.17, 15) is 0 Å². The van der Waals surface area contributed by atoms with E-state index in [0.717, 1.165) is 51.1 Å². The van der Waals surface area contributed by atoms with Gasteiger partial charge in [0, 0.05) is 45.9 Å². The molecule has 5 heteroatoms. The molecule has 2 aliphatic heterocycles. The van der Waals surface area contributed by atoms with Crippen molar-refractivity contribution >= 4 is 5.96 Å². The van der Waals surface area contributed by atoms with Gasteiger partial charge in [0.2, 0.25) is 0 Å². The maximum Gasteiger partial charge on any atom is 0.193 e. The van der Waals surface area contributed by atoms with Crippen LogP contribution in [0.5, 0.6) is 0 Å². The summed E-state index contributed by atoms with van der Waals surface area (Å²) in [5.74, 6) is 1.80. The molecule has 2 saturated heterocycles. The highest BCUT2D eigenvalue weighted by molar-refractivity contribution is 5.80. The summed E-state index contributed by atoms with van der Waals surface area (Å²) in [6.07, 6.45) is 5.20. The average molecular weight is 387 g/mol. The van der Waals surface area contributed by atoms with Crippen molar-refractivity contribution in [2.75, 3.05) is 39.8 Å². The van der Waals surface area contributed by atoms with Gasteiger partial charge >= 0.3 is 0 Å². The van der Waals surface area contributed by atoms with Crippen molar-refractivity contribution in [2.24, 2.45) is 10.9 Å². The maximum absolute atomic E-state index is 5.64. The highest BCUT2D eigenvalue weighted by Gasteiger charge is 2.36. The fourth-order valence-corrected chi connectivity index (χ4v) is 4.64. The lowest BCUT2D eigenvalue weighted by Gasteiger charge is -2.48. The number of nitrogens with zero attached hydrogens (tertiary/aromatic N) is 3. The summed E-state index contributed by atoms with van der Waals surface area (Å²) in [5.41, 5.74) is 1.44. The summed E-state index contributed by atoms with van der Waals surface area (Å²) in [7, 11) is 1.90. The predicted molar refractivity (Wildman–Crippen MR) is 117 cm³/mol. The first kappa shape index (κ1) is 21.1. The van der Waals surface area contributed by atoms with Crippen molar-refractivity contribution in [3.05, 3.63) is 35.9 Å². The van der Waals surface area contributed by atoms with Gasteiger partial charge in [-0.05, 0) is 57.6 Å². The number of fused-ring (bicyclic) bond motifs is 1. The van der Waals surface area contributed by atoms with Gasteiger partial charge in [0.05, 0.1) is 6.10 Å². The first-order valence-corrected chi connectivity index (χ1v) is 11.0. The van der Waals surface area contributed by atoms with Crippen molar-refractivity contribution in [2.45, 2.75) is 58.2 Å². The van der Waals surface area contributed by atoms with Crippen LogP contribution in [-0.2, 0) is 11.3 Å². The zero-order valence-corrected chi connectivity index (χ0v) is 17.9. The third-order valence-corrected chi connectivity index (χ3v) is 5.98. The molecule has 0 bridgehead atoms. The fraction of sp³-hybridized carbons (Fsp3) is 0.696. The zero-order valence-electron chi connectivity index (χ0n) is 17.9. The molecule has 2 aliphatic rings. The maximum atomic E-state index is 5.64. The Morgan fingerprint density at radius 1 is 1.21 bits per heavy atom. The minimum atomic E-state index is 0.309. The largest absolute Gasteiger partial charge is 0.379 e. The second-order valence-electron chi connectivity index (χ2n) is 8.41. The molecule has 28 heavy (non-hydrogen) atoms. The van der Waals surface area contributed by atoms with E-state index < -0.39 is 0 Å². The first-order valence-electron chi connectivity index (χ1n) is 11.0. The van der Waals surface area contributed by atoms with Crippen molar-refractivity contribution in [1.29, 1.82) is 0 Å². The van der Waals surface area contributed by atoms with Crippen molar-refractivity contribution < 1.29 is 4.74 Å². The summed E-state index contributed by atoms with van der Waals surface area (Å²) in [6, 6.07) is 11.6. The van der Waals surface area contributed by atoms with Crippen LogP contribution in [0.1, 0.15) is 45.1 Å². The van der Waals surface area contributed by atoms with Gasteiger partial charge in [-0.15, -0.1) is 0 Å².